The Morgan fingerprint density at radius 1 is 0.588 bits per heavy atom. The van der Waals surface area contributed by atoms with E-state index in [1.807, 2.05) is 125 Å². The van der Waals surface area contributed by atoms with Gasteiger partial charge in [-0.05, 0) is 76.3 Å². The molecule has 34 heavy (non-hydrogen) atoms. The van der Waals surface area contributed by atoms with Crippen molar-refractivity contribution in [2.45, 2.75) is 6.10 Å². The van der Waals surface area contributed by atoms with Crippen LogP contribution in [0.15, 0.2) is 84.9 Å². The third kappa shape index (κ3) is 10.1. The molecule has 164 valence electrons. The number of halogens is 1. The molecule has 1 atom stereocenters. The average Bonchev–Trinajstić information content (AvgIpc) is 3.64. The van der Waals surface area contributed by atoms with E-state index in [1.165, 1.54) is 24.3 Å². The van der Waals surface area contributed by atoms with Crippen LogP contribution < -0.4 is 5.11 Å². The van der Waals surface area contributed by atoms with E-state index >= 15 is 0 Å². The van der Waals surface area contributed by atoms with Crippen LogP contribution in [0.5, 0.6) is 0 Å². The van der Waals surface area contributed by atoms with Crippen LogP contribution in [0.4, 0.5) is 4.39 Å². The molecule has 3 aromatic rings. The Morgan fingerprint density at radius 2 is 1.00 bits per heavy atom. The maximum Gasteiger partial charge on any atom is 4.00 e. The van der Waals surface area contributed by atoms with Gasteiger partial charge in [-0.1, -0.05) is 65.8 Å². The molecule has 0 saturated heterocycles. The number of rotatable bonds is 4. The molecule has 1 nitrogen and oxygen atoms in total. The molecular weight excluding hydrogens is 455 g/mol. The average molecular weight is 480 g/mol. The van der Waals surface area contributed by atoms with Crippen molar-refractivity contribution in [1.29, 1.82) is 0 Å². The Morgan fingerprint density at radius 3 is 1.44 bits per heavy atom. The molecule has 5 rings (SSSR count). The topological polar surface area (TPSA) is 23.1 Å². The predicted octanol–water partition coefficient (Wildman–Crippen LogP) is 6.20. The molecule has 0 aliphatic heterocycles. The molecule has 2 fully saturated rings. The van der Waals surface area contributed by atoms with Crippen LogP contribution in [0.1, 0.15) is 22.8 Å². The summed E-state index contributed by atoms with van der Waals surface area (Å²) in [5.41, 5.74) is 2.73. The second-order valence-electron chi connectivity index (χ2n) is 7.13. The van der Waals surface area contributed by atoms with Crippen LogP contribution in [-0.4, -0.2) is 0 Å². The minimum absolute atomic E-state index is 0. The van der Waals surface area contributed by atoms with E-state index in [2.05, 4.69) is 6.08 Å². The zero-order valence-corrected chi connectivity index (χ0v) is 20.3. The smallest absolute Gasteiger partial charge is 0.846 e. The predicted molar refractivity (Wildman–Crippen MR) is 131 cm³/mol. The fourth-order valence-electron chi connectivity index (χ4n) is 3.03. The van der Waals surface area contributed by atoms with Crippen molar-refractivity contribution < 1.29 is 31.2 Å². The number of hydrogen-bond acceptors (Lipinski definition) is 1. The molecule has 1 unspecified atom stereocenters. The van der Waals surface area contributed by atoms with Gasteiger partial charge in [0.15, 0.2) is 0 Å². The van der Waals surface area contributed by atoms with Crippen molar-refractivity contribution in [1.82, 2.24) is 0 Å². The Kier molecular flexibility index (Phi) is 13.8. The summed E-state index contributed by atoms with van der Waals surface area (Å²) in [7, 11) is 0. The normalized spacial score (nSPS) is 15.8. The fraction of sp³-hybridized carbons (Fsp3) is 0.0323. The van der Waals surface area contributed by atoms with Gasteiger partial charge in [-0.2, -0.15) is 0 Å². The third-order valence-electron chi connectivity index (χ3n) is 4.68. The van der Waals surface area contributed by atoms with Gasteiger partial charge in [0.05, 0.1) is 0 Å². The minimum Gasteiger partial charge on any atom is -0.846 e. The summed E-state index contributed by atoms with van der Waals surface area (Å²) in [5.74, 6) is -0.349. The van der Waals surface area contributed by atoms with Crippen LogP contribution >= 0.6 is 0 Å². The quantitative estimate of drug-likeness (QED) is 0.248. The van der Waals surface area contributed by atoms with E-state index in [0.717, 1.165) is 11.1 Å². The van der Waals surface area contributed by atoms with Crippen molar-refractivity contribution in [3.63, 3.8) is 0 Å². The van der Waals surface area contributed by atoms with Gasteiger partial charge in [0.1, 0.15) is 5.82 Å². The Bertz CT molecular complexity index is 905. The van der Waals surface area contributed by atoms with Gasteiger partial charge in [0.25, 0.3) is 0 Å². The number of benzene rings is 3. The molecule has 2 saturated carbocycles. The first kappa shape index (κ1) is 28.2. The SMILES string of the molecule is [CH]1[CH][CH][CH][CH]1.[CH]1[CH][CH][CH][CH]1.[O-]C(C(=[C-]c1ccccc1)c1ccccc1)c1ccc(F)cc1.[Ti+4]. The molecular formula is C31H25FOTi+2. The molecule has 3 aromatic carbocycles. The Hall–Kier alpha value is -2.00. The van der Waals surface area contributed by atoms with Crippen molar-refractivity contribution in [2.75, 3.05) is 0 Å². The van der Waals surface area contributed by atoms with E-state index in [-0.39, 0.29) is 27.5 Å². The van der Waals surface area contributed by atoms with Gasteiger partial charge in [-0.15, -0.1) is 41.5 Å². The summed E-state index contributed by atoms with van der Waals surface area (Å²) < 4.78 is 13.1. The van der Waals surface area contributed by atoms with Gasteiger partial charge >= 0.3 is 21.7 Å². The summed E-state index contributed by atoms with van der Waals surface area (Å²) in [4.78, 5) is 0. The molecule has 0 N–H and O–H groups in total. The van der Waals surface area contributed by atoms with E-state index in [4.69, 9.17) is 0 Å². The second kappa shape index (κ2) is 16.6. The Balaban J connectivity index is 0.000000305. The van der Waals surface area contributed by atoms with Crippen LogP contribution in [-0.2, 0) is 21.7 Å². The van der Waals surface area contributed by atoms with Crippen LogP contribution in [0.25, 0.3) is 5.57 Å². The van der Waals surface area contributed by atoms with E-state index in [0.29, 0.717) is 11.1 Å². The molecule has 10 radical (unpaired) electrons. The first-order valence-electron chi connectivity index (χ1n) is 10.7. The molecule has 0 heterocycles. The zero-order chi connectivity index (χ0) is 23.1. The van der Waals surface area contributed by atoms with E-state index < -0.39 is 6.10 Å². The van der Waals surface area contributed by atoms with E-state index in [1.54, 1.807) is 0 Å². The second-order valence-corrected chi connectivity index (χ2v) is 7.13. The molecule has 0 spiro atoms. The summed E-state index contributed by atoms with van der Waals surface area (Å²) in [6.45, 7) is 0. The first-order valence-corrected chi connectivity index (χ1v) is 10.7. The summed E-state index contributed by atoms with van der Waals surface area (Å²) in [6, 6.07) is 24.7. The van der Waals surface area contributed by atoms with Crippen molar-refractivity contribution in [3.05, 3.63) is 178 Å². The molecule has 0 bridgehead atoms. The molecule has 0 amide bonds. The number of hydrogen-bond donors (Lipinski definition) is 0. The van der Waals surface area contributed by atoms with Crippen molar-refractivity contribution in [2.24, 2.45) is 0 Å². The zero-order valence-electron chi connectivity index (χ0n) is 18.7. The largest absolute Gasteiger partial charge is 4.00 e. The third-order valence-corrected chi connectivity index (χ3v) is 4.68. The van der Waals surface area contributed by atoms with Gasteiger partial charge in [0, 0.05) is 0 Å². The fourth-order valence-corrected chi connectivity index (χ4v) is 3.03. The summed E-state index contributed by atoms with van der Waals surface area (Å²) in [6.07, 6.45) is 22.1. The molecule has 2 aliphatic rings. The summed E-state index contributed by atoms with van der Waals surface area (Å²) in [5, 5.41) is 12.9. The van der Waals surface area contributed by atoms with Crippen LogP contribution in [0.2, 0.25) is 0 Å². The monoisotopic (exact) mass is 480 g/mol. The van der Waals surface area contributed by atoms with Crippen molar-refractivity contribution >= 4 is 5.57 Å². The van der Waals surface area contributed by atoms with Gasteiger partial charge in [0.2, 0.25) is 0 Å². The maximum absolute atomic E-state index is 13.1. The summed E-state index contributed by atoms with van der Waals surface area (Å²) >= 11 is 0. The standard InChI is InChI=1S/C21H15FO.2C5H5.Ti/c22-19-13-11-18(12-14-19)21(23)20(17-9-5-2-6-10-17)15-16-7-3-1-4-8-16;2*1-2-4-5-3-1;/h1-14,21H;2*1-5H;/q-2;;;+4. The molecule has 2 aliphatic carbocycles. The van der Waals surface area contributed by atoms with Gasteiger partial charge in [-0.25, -0.2) is 4.39 Å². The minimum atomic E-state index is -1.13. The van der Waals surface area contributed by atoms with Crippen LogP contribution in [0.3, 0.4) is 0 Å². The molecule has 0 aromatic heterocycles. The maximum atomic E-state index is 13.1. The molecule has 3 heteroatoms. The Labute approximate surface area is 220 Å². The van der Waals surface area contributed by atoms with E-state index in [9.17, 15) is 9.50 Å². The van der Waals surface area contributed by atoms with Gasteiger partial charge in [-0.3, -0.25) is 0 Å². The van der Waals surface area contributed by atoms with Gasteiger partial charge < -0.3 is 5.11 Å². The van der Waals surface area contributed by atoms with Crippen molar-refractivity contribution in [3.8, 4) is 0 Å². The van der Waals surface area contributed by atoms with Crippen LogP contribution in [0, 0.1) is 76.1 Å². The first-order chi connectivity index (χ1) is 16.2.